The first kappa shape index (κ1) is 16.1. The summed E-state index contributed by atoms with van der Waals surface area (Å²) in [5.74, 6) is 0.672. The summed E-state index contributed by atoms with van der Waals surface area (Å²) >= 11 is 0. The van der Waals surface area contributed by atoms with Crippen molar-refractivity contribution in [2.75, 3.05) is 19.1 Å². The number of methoxy groups -OCH3 is 1. The predicted molar refractivity (Wildman–Crippen MR) is 97.1 cm³/mol. The number of ether oxygens (including phenoxy) is 1. The summed E-state index contributed by atoms with van der Waals surface area (Å²) in [6.45, 7) is 4.79. The standard InChI is InChI=1S/C20H21NO3/c1-13-5-6-14(2)18(9-13)21(3)12-15-10-20(22)24-19-11-16(23-4)7-8-17(15)19/h5-11H,12H2,1-4H3. The van der Waals surface area contributed by atoms with Crippen molar-refractivity contribution in [2.45, 2.75) is 20.4 Å². The van der Waals surface area contributed by atoms with Crippen LogP contribution in [-0.2, 0) is 6.54 Å². The molecule has 0 atom stereocenters. The number of fused-ring (bicyclic) bond motifs is 1. The van der Waals surface area contributed by atoms with Crippen molar-refractivity contribution < 1.29 is 9.15 Å². The Kier molecular flexibility index (Phi) is 4.30. The Bertz CT molecular complexity index is 943. The smallest absolute Gasteiger partial charge is 0.336 e. The van der Waals surface area contributed by atoms with E-state index in [4.69, 9.17) is 9.15 Å². The third-order valence-corrected chi connectivity index (χ3v) is 4.22. The molecule has 0 bridgehead atoms. The maximum Gasteiger partial charge on any atom is 0.336 e. The summed E-state index contributed by atoms with van der Waals surface area (Å²) in [6, 6.07) is 13.5. The topological polar surface area (TPSA) is 42.7 Å². The monoisotopic (exact) mass is 323 g/mol. The summed E-state index contributed by atoms with van der Waals surface area (Å²) < 4.78 is 10.5. The zero-order chi connectivity index (χ0) is 17.3. The Morgan fingerprint density at radius 2 is 1.88 bits per heavy atom. The van der Waals surface area contributed by atoms with Crippen LogP contribution in [0.3, 0.4) is 0 Å². The Hall–Kier alpha value is -2.75. The van der Waals surface area contributed by atoms with Gasteiger partial charge in [0.05, 0.1) is 7.11 Å². The van der Waals surface area contributed by atoms with Gasteiger partial charge in [-0.15, -0.1) is 0 Å². The van der Waals surface area contributed by atoms with Gasteiger partial charge in [0, 0.05) is 36.8 Å². The summed E-state index contributed by atoms with van der Waals surface area (Å²) in [7, 11) is 3.63. The Morgan fingerprint density at radius 3 is 2.62 bits per heavy atom. The predicted octanol–water partition coefficient (Wildman–Crippen LogP) is 4.05. The van der Waals surface area contributed by atoms with Gasteiger partial charge in [-0.05, 0) is 48.7 Å². The van der Waals surface area contributed by atoms with Gasteiger partial charge in [-0.2, -0.15) is 0 Å². The minimum Gasteiger partial charge on any atom is -0.497 e. The molecule has 0 radical (unpaired) electrons. The number of benzene rings is 2. The quantitative estimate of drug-likeness (QED) is 0.679. The lowest BCUT2D eigenvalue weighted by Crippen LogP contribution is -2.19. The van der Waals surface area contributed by atoms with Crippen molar-refractivity contribution >= 4 is 16.7 Å². The molecule has 0 saturated carbocycles. The van der Waals surface area contributed by atoms with Gasteiger partial charge in [0.25, 0.3) is 0 Å². The molecule has 3 rings (SSSR count). The fraction of sp³-hybridized carbons (Fsp3) is 0.250. The Labute approximate surface area is 141 Å². The molecule has 1 heterocycles. The van der Waals surface area contributed by atoms with Crippen molar-refractivity contribution in [2.24, 2.45) is 0 Å². The minimum atomic E-state index is -0.347. The third-order valence-electron chi connectivity index (χ3n) is 4.22. The van der Waals surface area contributed by atoms with Gasteiger partial charge in [-0.3, -0.25) is 0 Å². The zero-order valence-corrected chi connectivity index (χ0v) is 14.4. The molecule has 0 saturated heterocycles. The summed E-state index contributed by atoms with van der Waals surface area (Å²) in [6.07, 6.45) is 0. The van der Waals surface area contributed by atoms with E-state index < -0.39 is 0 Å². The Morgan fingerprint density at radius 1 is 1.08 bits per heavy atom. The second-order valence-corrected chi connectivity index (χ2v) is 6.10. The van der Waals surface area contributed by atoms with Gasteiger partial charge >= 0.3 is 5.63 Å². The molecule has 0 amide bonds. The number of aryl methyl sites for hydroxylation is 2. The normalized spacial score (nSPS) is 10.8. The van der Waals surface area contributed by atoms with Crippen LogP contribution in [0, 0.1) is 13.8 Å². The SMILES string of the molecule is COc1ccc2c(CN(C)c3cc(C)ccc3C)cc(=O)oc2c1. The average Bonchev–Trinajstić information content (AvgIpc) is 2.56. The van der Waals surface area contributed by atoms with Crippen molar-refractivity contribution in [3.05, 3.63) is 69.6 Å². The first-order valence-corrected chi connectivity index (χ1v) is 7.87. The van der Waals surface area contributed by atoms with Gasteiger partial charge in [0.15, 0.2) is 0 Å². The van der Waals surface area contributed by atoms with Gasteiger partial charge < -0.3 is 14.1 Å². The molecule has 0 aliphatic heterocycles. The van der Waals surface area contributed by atoms with Gasteiger partial charge in [0.2, 0.25) is 0 Å². The lowest BCUT2D eigenvalue weighted by molar-refractivity contribution is 0.414. The van der Waals surface area contributed by atoms with E-state index in [9.17, 15) is 4.79 Å². The number of hydrogen-bond acceptors (Lipinski definition) is 4. The van der Waals surface area contributed by atoms with E-state index in [0.717, 1.165) is 16.6 Å². The maximum atomic E-state index is 11.9. The van der Waals surface area contributed by atoms with E-state index in [2.05, 4.69) is 36.9 Å². The highest BCUT2D eigenvalue weighted by molar-refractivity contribution is 5.82. The Balaban J connectivity index is 2.03. The molecule has 0 fully saturated rings. The molecule has 3 aromatic rings. The number of hydrogen-bond donors (Lipinski definition) is 0. The molecule has 1 aromatic heterocycles. The molecule has 0 unspecified atom stereocenters. The number of rotatable bonds is 4. The molecular weight excluding hydrogens is 302 g/mol. The van der Waals surface area contributed by atoms with E-state index in [1.54, 1.807) is 19.2 Å². The van der Waals surface area contributed by atoms with E-state index in [1.165, 1.54) is 11.1 Å². The van der Waals surface area contributed by atoms with E-state index in [-0.39, 0.29) is 5.63 Å². The highest BCUT2D eigenvalue weighted by Gasteiger charge is 2.11. The van der Waals surface area contributed by atoms with Crippen LogP contribution in [0.1, 0.15) is 16.7 Å². The molecule has 0 aliphatic carbocycles. The van der Waals surface area contributed by atoms with Gasteiger partial charge in [-0.1, -0.05) is 12.1 Å². The van der Waals surface area contributed by atoms with Crippen molar-refractivity contribution in [3.63, 3.8) is 0 Å². The molecular formula is C20H21NO3. The van der Waals surface area contributed by atoms with Crippen LogP contribution in [0.5, 0.6) is 5.75 Å². The lowest BCUT2D eigenvalue weighted by atomic mass is 10.1. The minimum absolute atomic E-state index is 0.347. The molecule has 124 valence electrons. The van der Waals surface area contributed by atoms with Crippen molar-refractivity contribution in [3.8, 4) is 5.75 Å². The summed E-state index contributed by atoms with van der Waals surface area (Å²) in [4.78, 5) is 14.1. The molecule has 4 nitrogen and oxygen atoms in total. The second-order valence-electron chi connectivity index (χ2n) is 6.10. The number of nitrogens with zero attached hydrogens (tertiary/aromatic N) is 1. The number of anilines is 1. The van der Waals surface area contributed by atoms with Crippen LogP contribution in [0.4, 0.5) is 5.69 Å². The first-order chi connectivity index (χ1) is 11.5. The first-order valence-electron chi connectivity index (χ1n) is 7.87. The highest BCUT2D eigenvalue weighted by Crippen LogP contribution is 2.26. The van der Waals surface area contributed by atoms with Crippen LogP contribution in [0.25, 0.3) is 11.0 Å². The average molecular weight is 323 g/mol. The van der Waals surface area contributed by atoms with Gasteiger partial charge in [0.1, 0.15) is 11.3 Å². The van der Waals surface area contributed by atoms with Crippen molar-refractivity contribution in [1.82, 2.24) is 0 Å². The molecule has 0 spiro atoms. The van der Waals surface area contributed by atoms with Crippen LogP contribution >= 0.6 is 0 Å². The molecule has 24 heavy (non-hydrogen) atoms. The van der Waals surface area contributed by atoms with Crippen LogP contribution < -0.4 is 15.3 Å². The molecule has 0 N–H and O–H groups in total. The highest BCUT2D eigenvalue weighted by atomic mass is 16.5. The summed E-state index contributed by atoms with van der Waals surface area (Å²) in [5.41, 5.74) is 4.71. The molecule has 0 aliphatic rings. The van der Waals surface area contributed by atoms with E-state index in [0.29, 0.717) is 17.9 Å². The lowest BCUT2D eigenvalue weighted by Gasteiger charge is -2.22. The second kappa shape index (κ2) is 6.40. The summed E-state index contributed by atoms with van der Waals surface area (Å²) in [5, 5.41) is 0.924. The molecule has 4 heteroatoms. The van der Waals surface area contributed by atoms with E-state index in [1.807, 2.05) is 19.2 Å². The maximum absolute atomic E-state index is 11.9. The fourth-order valence-electron chi connectivity index (χ4n) is 2.94. The van der Waals surface area contributed by atoms with Crippen LogP contribution in [0.2, 0.25) is 0 Å². The van der Waals surface area contributed by atoms with Crippen LogP contribution in [-0.4, -0.2) is 14.2 Å². The third kappa shape index (κ3) is 3.13. The largest absolute Gasteiger partial charge is 0.497 e. The zero-order valence-electron chi connectivity index (χ0n) is 14.4. The molecule has 2 aromatic carbocycles. The van der Waals surface area contributed by atoms with Crippen molar-refractivity contribution in [1.29, 1.82) is 0 Å². The van der Waals surface area contributed by atoms with E-state index >= 15 is 0 Å². The fourth-order valence-corrected chi connectivity index (χ4v) is 2.94. The van der Waals surface area contributed by atoms with Gasteiger partial charge in [-0.25, -0.2) is 4.79 Å². The van der Waals surface area contributed by atoms with Crippen LogP contribution in [0.15, 0.2) is 51.7 Å².